The van der Waals surface area contributed by atoms with Crippen molar-refractivity contribution in [1.82, 2.24) is 10.3 Å². The van der Waals surface area contributed by atoms with Gasteiger partial charge in [0.05, 0.1) is 17.4 Å². The van der Waals surface area contributed by atoms with Crippen molar-refractivity contribution < 1.29 is 14.7 Å². The Hall–Kier alpha value is -1.43. The van der Waals surface area contributed by atoms with Crippen molar-refractivity contribution >= 4 is 23.2 Å². The first-order chi connectivity index (χ1) is 9.02. The fourth-order valence-electron chi connectivity index (χ4n) is 2.58. The normalized spacial score (nSPS) is 27.4. The van der Waals surface area contributed by atoms with Crippen molar-refractivity contribution in [2.45, 2.75) is 38.1 Å². The predicted octanol–water partition coefficient (Wildman–Crippen LogP) is 1.67. The lowest BCUT2D eigenvalue weighted by Gasteiger charge is -2.41. The highest BCUT2D eigenvalue weighted by Gasteiger charge is 2.51. The number of aliphatic carboxylic acids is 1. The number of nitrogens with zero attached hydrogens (tertiary/aromatic N) is 1. The standard InChI is InChI=1S/C13H16N2O3S/c1-7-6-19-12(14-7)13(3-2-4-13)15-10(16)8-5-9(8)11(17)18/h6,8-9H,2-5H2,1H3,(H,15,16)(H,17,18). The van der Waals surface area contributed by atoms with Crippen molar-refractivity contribution in [3.8, 4) is 0 Å². The molecule has 102 valence electrons. The molecule has 2 aliphatic carbocycles. The molecule has 0 aliphatic heterocycles. The average Bonchev–Trinajstić information content (AvgIpc) is 3.01. The van der Waals surface area contributed by atoms with E-state index in [9.17, 15) is 9.59 Å². The van der Waals surface area contributed by atoms with Crippen molar-refractivity contribution in [2.24, 2.45) is 11.8 Å². The maximum atomic E-state index is 12.1. The Balaban J connectivity index is 1.71. The summed E-state index contributed by atoms with van der Waals surface area (Å²) in [4.78, 5) is 27.4. The van der Waals surface area contributed by atoms with Crippen LogP contribution in [0.4, 0.5) is 0 Å². The quantitative estimate of drug-likeness (QED) is 0.879. The first-order valence-electron chi connectivity index (χ1n) is 6.49. The zero-order valence-electron chi connectivity index (χ0n) is 10.7. The predicted molar refractivity (Wildman–Crippen MR) is 69.8 cm³/mol. The molecule has 0 spiro atoms. The van der Waals surface area contributed by atoms with Gasteiger partial charge in [0, 0.05) is 11.1 Å². The number of aromatic nitrogens is 1. The van der Waals surface area contributed by atoms with E-state index in [1.54, 1.807) is 11.3 Å². The summed E-state index contributed by atoms with van der Waals surface area (Å²) in [5.74, 6) is -1.83. The number of carbonyl (C=O) groups excluding carboxylic acids is 1. The minimum Gasteiger partial charge on any atom is -0.481 e. The van der Waals surface area contributed by atoms with Gasteiger partial charge in [-0.15, -0.1) is 11.3 Å². The topological polar surface area (TPSA) is 79.3 Å². The van der Waals surface area contributed by atoms with Gasteiger partial charge in [-0.2, -0.15) is 0 Å². The maximum absolute atomic E-state index is 12.1. The van der Waals surface area contributed by atoms with Crippen LogP contribution in [0.1, 0.15) is 36.4 Å². The average molecular weight is 280 g/mol. The van der Waals surface area contributed by atoms with Crippen LogP contribution in [-0.4, -0.2) is 22.0 Å². The van der Waals surface area contributed by atoms with Gasteiger partial charge in [-0.25, -0.2) is 4.98 Å². The maximum Gasteiger partial charge on any atom is 0.307 e. The second-order valence-corrected chi connectivity index (χ2v) is 6.36. The van der Waals surface area contributed by atoms with Crippen LogP contribution in [-0.2, 0) is 15.1 Å². The molecule has 6 heteroatoms. The monoisotopic (exact) mass is 280 g/mol. The molecule has 1 amide bonds. The summed E-state index contributed by atoms with van der Waals surface area (Å²) in [5.41, 5.74) is 0.636. The van der Waals surface area contributed by atoms with Crippen LogP contribution < -0.4 is 5.32 Å². The van der Waals surface area contributed by atoms with Crippen LogP contribution in [0, 0.1) is 18.8 Å². The van der Waals surface area contributed by atoms with Gasteiger partial charge in [0.1, 0.15) is 5.01 Å². The highest BCUT2D eigenvalue weighted by Crippen LogP contribution is 2.45. The third-order valence-electron chi connectivity index (χ3n) is 4.04. The Morgan fingerprint density at radius 3 is 2.63 bits per heavy atom. The van der Waals surface area contributed by atoms with Crippen LogP contribution in [0.5, 0.6) is 0 Å². The van der Waals surface area contributed by atoms with Crippen LogP contribution in [0.3, 0.4) is 0 Å². The Bertz CT molecular complexity index is 536. The van der Waals surface area contributed by atoms with Gasteiger partial charge in [-0.1, -0.05) is 0 Å². The molecule has 0 radical (unpaired) electrons. The third-order valence-corrected chi connectivity index (χ3v) is 5.21. The van der Waals surface area contributed by atoms with E-state index in [2.05, 4.69) is 10.3 Å². The number of thiazole rings is 1. The molecule has 2 aliphatic rings. The second-order valence-electron chi connectivity index (χ2n) is 5.51. The number of aryl methyl sites for hydroxylation is 1. The van der Waals surface area contributed by atoms with Crippen molar-refractivity contribution in [3.63, 3.8) is 0 Å². The summed E-state index contributed by atoms with van der Waals surface area (Å²) in [6.45, 7) is 1.94. The van der Waals surface area contributed by atoms with Gasteiger partial charge < -0.3 is 10.4 Å². The number of carbonyl (C=O) groups is 2. The first-order valence-corrected chi connectivity index (χ1v) is 7.37. The number of carboxylic acids is 1. The Kier molecular flexibility index (Phi) is 2.85. The molecule has 2 N–H and O–H groups in total. The lowest BCUT2D eigenvalue weighted by molar-refractivity contribution is -0.140. The first kappa shape index (κ1) is 12.6. The van der Waals surface area contributed by atoms with Crippen LogP contribution in [0.2, 0.25) is 0 Å². The lowest BCUT2D eigenvalue weighted by atomic mass is 9.77. The van der Waals surface area contributed by atoms with Gasteiger partial charge in [0.25, 0.3) is 0 Å². The lowest BCUT2D eigenvalue weighted by Crippen LogP contribution is -2.51. The number of nitrogens with one attached hydrogen (secondary N) is 1. The minimum atomic E-state index is -0.868. The molecule has 1 aromatic rings. The van der Waals surface area contributed by atoms with E-state index in [0.717, 1.165) is 30.0 Å². The molecule has 2 saturated carbocycles. The van der Waals surface area contributed by atoms with Crippen LogP contribution >= 0.6 is 11.3 Å². The summed E-state index contributed by atoms with van der Waals surface area (Å²) in [6, 6.07) is 0. The molecule has 3 rings (SSSR count). The molecule has 0 saturated heterocycles. The van der Waals surface area contributed by atoms with Gasteiger partial charge in [-0.3, -0.25) is 9.59 Å². The molecular weight excluding hydrogens is 264 g/mol. The van der Waals surface area contributed by atoms with Gasteiger partial charge in [0.2, 0.25) is 5.91 Å². The van der Waals surface area contributed by atoms with E-state index in [1.807, 2.05) is 12.3 Å². The number of hydrogen-bond donors (Lipinski definition) is 2. The number of amides is 1. The summed E-state index contributed by atoms with van der Waals surface area (Å²) >= 11 is 1.57. The van der Waals surface area contributed by atoms with E-state index >= 15 is 0 Å². The van der Waals surface area contributed by atoms with Crippen molar-refractivity contribution in [2.75, 3.05) is 0 Å². The van der Waals surface area contributed by atoms with E-state index in [1.165, 1.54) is 0 Å². The molecule has 19 heavy (non-hydrogen) atoms. The molecule has 0 aromatic carbocycles. The van der Waals surface area contributed by atoms with Gasteiger partial charge in [0.15, 0.2) is 0 Å². The van der Waals surface area contributed by atoms with Crippen molar-refractivity contribution in [1.29, 1.82) is 0 Å². The highest BCUT2D eigenvalue weighted by atomic mass is 32.1. The van der Waals surface area contributed by atoms with Crippen LogP contribution in [0.15, 0.2) is 5.38 Å². The SMILES string of the molecule is Cc1csc(C2(NC(=O)C3CC3C(=O)O)CCC2)n1. The molecule has 2 atom stereocenters. The third kappa shape index (κ3) is 2.14. The molecule has 0 bridgehead atoms. The summed E-state index contributed by atoms with van der Waals surface area (Å²) < 4.78 is 0. The molecule has 1 heterocycles. The molecular formula is C13H16N2O3S. The Labute approximate surface area is 115 Å². The van der Waals surface area contributed by atoms with E-state index in [-0.39, 0.29) is 17.4 Å². The number of carboxylic acid groups (broad SMARTS) is 1. The van der Waals surface area contributed by atoms with E-state index in [0.29, 0.717) is 6.42 Å². The van der Waals surface area contributed by atoms with E-state index in [4.69, 9.17) is 5.11 Å². The molecule has 2 fully saturated rings. The fraction of sp³-hybridized carbons (Fsp3) is 0.615. The Morgan fingerprint density at radius 1 is 1.47 bits per heavy atom. The van der Waals surface area contributed by atoms with Crippen molar-refractivity contribution in [3.05, 3.63) is 16.1 Å². The molecule has 1 aromatic heterocycles. The van der Waals surface area contributed by atoms with Crippen LogP contribution in [0.25, 0.3) is 0 Å². The largest absolute Gasteiger partial charge is 0.481 e. The summed E-state index contributed by atoms with van der Waals surface area (Å²) in [6.07, 6.45) is 3.34. The molecule has 5 nitrogen and oxygen atoms in total. The zero-order valence-corrected chi connectivity index (χ0v) is 11.5. The number of rotatable bonds is 4. The summed E-state index contributed by atoms with van der Waals surface area (Å²) in [5, 5.41) is 14.9. The molecule has 2 unspecified atom stereocenters. The van der Waals surface area contributed by atoms with Gasteiger partial charge in [-0.05, 0) is 32.6 Å². The minimum absolute atomic E-state index is 0.125. The van der Waals surface area contributed by atoms with E-state index < -0.39 is 11.9 Å². The smallest absolute Gasteiger partial charge is 0.307 e. The highest BCUT2D eigenvalue weighted by molar-refractivity contribution is 7.09. The second kappa shape index (κ2) is 4.30. The fourth-order valence-corrected chi connectivity index (χ4v) is 3.59. The summed E-state index contributed by atoms with van der Waals surface area (Å²) in [7, 11) is 0. The zero-order chi connectivity index (χ0) is 13.6. The number of hydrogen-bond acceptors (Lipinski definition) is 4. The Morgan fingerprint density at radius 2 is 2.21 bits per heavy atom. The van der Waals surface area contributed by atoms with Gasteiger partial charge >= 0.3 is 5.97 Å².